The molecule has 1 aliphatic heterocycles. The summed E-state index contributed by atoms with van der Waals surface area (Å²) in [4.78, 5) is 24.5. The maximum absolute atomic E-state index is 12.9. The number of hydrogen-bond acceptors (Lipinski definition) is 10. The molecule has 5 N–H and O–H groups in total. The third-order valence-corrected chi connectivity index (χ3v) is 11.4. The molecule has 0 spiro atoms. The van der Waals surface area contributed by atoms with Crippen molar-refractivity contribution in [2.75, 3.05) is 6.61 Å². The maximum Gasteiger partial charge on any atom is 0.335 e. The van der Waals surface area contributed by atoms with Crippen molar-refractivity contribution in [3.05, 3.63) is 46.0 Å². The van der Waals surface area contributed by atoms with Crippen LogP contribution in [0.5, 0.6) is 0 Å². The maximum atomic E-state index is 12.9. The lowest BCUT2D eigenvalue weighted by Crippen LogP contribution is -2.61. The molecule has 1 saturated heterocycles. The molecule has 2 heterocycles. The zero-order chi connectivity index (χ0) is 28.4. The number of allylic oxidation sites excluding steroid dienone is 1. The normalized spacial score (nSPS) is 48.5. The van der Waals surface area contributed by atoms with Crippen LogP contribution in [0.25, 0.3) is 0 Å². The van der Waals surface area contributed by atoms with Gasteiger partial charge >= 0.3 is 5.63 Å². The highest BCUT2D eigenvalue weighted by Crippen LogP contribution is 2.69. The summed E-state index contributed by atoms with van der Waals surface area (Å²) >= 11 is 0. The highest BCUT2D eigenvalue weighted by Gasteiger charge is 2.67. The third-order valence-electron chi connectivity index (χ3n) is 11.4. The van der Waals surface area contributed by atoms with Gasteiger partial charge in [0.2, 0.25) is 0 Å². The van der Waals surface area contributed by atoms with Gasteiger partial charge in [-0.25, -0.2) is 4.79 Å². The number of carbonyl (C=O) groups is 1. The van der Waals surface area contributed by atoms with Gasteiger partial charge in [-0.3, -0.25) is 0 Å². The number of aldehydes is 1. The van der Waals surface area contributed by atoms with Crippen molar-refractivity contribution < 1.29 is 44.2 Å². The first kappa shape index (κ1) is 28.2. The smallest absolute Gasteiger partial charge is 0.335 e. The largest absolute Gasteiger partial charge is 0.431 e. The fraction of sp³-hybridized carbons (Fsp3) is 0.733. The zero-order valence-corrected chi connectivity index (χ0v) is 22.7. The average molecular weight is 561 g/mol. The summed E-state index contributed by atoms with van der Waals surface area (Å²) in [5.74, 6) is 0.00979. The number of rotatable bonds is 5. The summed E-state index contributed by atoms with van der Waals surface area (Å²) < 4.78 is 16.7. The summed E-state index contributed by atoms with van der Waals surface area (Å²) in [5.41, 5.74) is -0.520. The van der Waals surface area contributed by atoms with Crippen molar-refractivity contribution in [2.24, 2.45) is 22.7 Å². The van der Waals surface area contributed by atoms with Crippen molar-refractivity contribution >= 4 is 6.29 Å². The van der Waals surface area contributed by atoms with Crippen molar-refractivity contribution in [1.82, 2.24) is 0 Å². The van der Waals surface area contributed by atoms with Crippen molar-refractivity contribution in [1.29, 1.82) is 0 Å². The molecule has 3 saturated carbocycles. The SMILES string of the molecule is C[C@]12CC[C@H]3[C@@H](CCC4=C[C@@H](O[C@@H]5O[C@H](CO)[C@@H](O)[C@H](O)[C@H]5O)CC[C@@]43C=O)[C@@]1(O)CCC2c1ccc(=O)oc1. The van der Waals surface area contributed by atoms with Gasteiger partial charge in [-0.1, -0.05) is 18.6 Å². The van der Waals surface area contributed by atoms with Gasteiger partial charge in [0.1, 0.15) is 30.7 Å². The highest BCUT2D eigenvalue weighted by atomic mass is 16.7. The number of carbonyl (C=O) groups excluding carboxylic acids is 1. The molecule has 4 fully saturated rings. The minimum Gasteiger partial charge on any atom is -0.431 e. The Hall–Kier alpha value is -1.92. The van der Waals surface area contributed by atoms with Crippen LogP contribution in [0.1, 0.15) is 69.8 Å². The zero-order valence-electron chi connectivity index (χ0n) is 22.7. The molecule has 220 valence electrons. The fourth-order valence-electron chi connectivity index (χ4n) is 9.15. The molecule has 1 aromatic heterocycles. The number of hydrogen-bond donors (Lipinski definition) is 5. The topological polar surface area (TPSA) is 167 Å². The predicted molar refractivity (Wildman–Crippen MR) is 140 cm³/mol. The van der Waals surface area contributed by atoms with Crippen molar-refractivity contribution in [3.8, 4) is 0 Å². The van der Waals surface area contributed by atoms with Crippen LogP contribution in [-0.2, 0) is 14.3 Å². The van der Waals surface area contributed by atoms with Crippen LogP contribution in [0.4, 0.5) is 0 Å². The van der Waals surface area contributed by atoms with Crippen LogP contribution >= 0.6 is 0 Å². The highest BCUT2D eigenvalue weighted by molar-refractivity contribution is 5.67. The average Bonchev–Trinajstić information content (AvgIpc) is 3.24. The van der Waals surface area contributed by atoms with Gasteiger partial charge in [-0.15, -0.1) is 0 Å². The van der Waals surface area contributed by atoms with Crippen LogP contribution in [0.3, 0.4) is 0 Å². The van der Waals surface area contributed by atoms with Crippen LogP contribution in [-0.4, -0.2) is 80.8 Å². The summed E-state index contributed by atoms with van der Waals surface area (Å²) in [5, 5.41) is 52.5. The molecule has 4 aliphatic carbocycles. The molecular formula is C30H40O10. The molecule has 0 radical (unpaired) electrons. The number of aliphatic hydroxyl groups excluding tert-OH is 4. The van der Waals surface area contributed by atoms with E-state index in [9.17, 15) is 35.1 Å². The van der Waals surface area contributed by atoms with Crippen LogP contribution < -0.4 is 5.63 Å². The molecular weight excluding hydrogens is 520 g/mol. The van der Waals surface area contributed by atoms with E-state index in [1.54, 1.807) is 0 Å². The van der Waals surface area contributed by atoms with Gasteiger partial charge in [0, 0.05) is 11.5 Å². The van der Waals surface area contributed by atoms with E-state index in [-0.39, 0.29) is 17.8 Å². The fourth-order valence-corrected chi connectivity index (χ4v) is 9.15. The first-order valence-electron chi connectivity index (χ1n) is 14.5. The van der Waals surface area contributed by atoms with Gasteiger partial charge in [0.05, 0.1) is 30.0 Å². The predicted octanol–water partition coefficient (Wildman–Crippen LogP) is 1.17. The Bertz CT molecular complexity index is 1190. The van der Waals surface area contributed by atoms with Crippen LogP contribution in [0, 0.1) is 22.7 Å². The Balaban J connectivity index is 1.23. The van der Waals surface area contributed by atoms with Crippen LogP contribution in [0.15, 0.2) is 39.3 Å². The van der Waals surface area contributed by atoms with Crippen molar-refractivity contribution in [2.45, 2.75) is 107 Å². The monoisotopic (exact) mass is 560 g/mol. The molecule has 0 amide bonds. The number of aliphatic hydroxyl groups is 5. The van der Waals surface area contributed by atoms with E-state index in [4.69, 9.17) is 13.9 Å². The lowest BCUT2D eigenvalue weighted by Gasteiger charge is -2.61. The molecule has 1 aromatic rings. The van der Waals surface area contributed by atoms with E-state index >= 15 is 0 Å². The second-order valence-electron chi connectivity index (χ2n) is 12.9. The van der Waals surface area contributed by atoms with E-state index in [1.807, 2.05) is 12.1 Å². The lowest BCUT2D eigenvalue weighted by molar-refractivity contribution is -0.308. The van der Waals surface area contributed by atoms with Gasteiger partial charge in [-0.05, 0) is 80.8 Å². The molecule has 40 heavy (non-hydrogen) atoms. The van der Waals surface area contributed by atoms with Gasteiger partial charge in [-0.2, -0.15) is 0 Å². The summed E-state index contributed by atoms with van der Waals surface area (Å²) in [7, 11) is 0. The molecule has 6 rings (SSSR count). The molecule has 0 aromatic carbocycles. The van der Waals surface area contributed by atoms with E-state index in [1.165, 1.54) is 12.3 Å². The summed E-state index contributed by atoms with van der Waals surface area (Å²) in [6.07, 6.45) is 2.69. The Labute approximate surface area is 232 Å². The molecule has 10 nitrogen and oxygen atoms in total. The molecule has 10 heteroatoms. The van der Waals surface area contributed by atoms with E-state index in [2.05, 4.69) is 6.92 Å². The lowest BCUT2D eigenvalue weighted by atomic mass is 9.45. The third kappa shape index (κ3) is 4.02. The van der Waals surface area contributed by atoms with Crippen molar-refractivity contribution in [3.63, 3.8) is 0 Å². The number of fused-ring (bicyclic) bond motifs is 5. The first-order valence-corrected chi connectivity index (χ1v) is 14.5. The first-order chi connectivity index (χ1) is 19.1. The standard InChI is InChI=1S/C30H40O10/c1-28-9-7-20-21(30(28,37)11-8-19(28)16-2-5-23(33)38-14-16)4-3-17-12-18(6-10-29(17,20)15-32)39-27-26(36)25(35)24(34)22(13-31)40-27/h2,5,12,14-15,18-22,24-27,31,34-37H,3-4,6-11,13H2,1H3/t18-,19?,20-,21+,22+,24+,25-,26+,27+,28+,29+,30-/m0/s1. The summed E-state index contributed by atoms with van der Waals surface area (Å²) in [6, 6.07) is 3.25. The van der Waals surface area contributed by atoms with E-state index < -0.39 is 65.5 Å². The Morgan fingerprint density at radius 3 is 2.52 bits per heavy atom. The van der Waals surface area contributed by atoms with Gasteiger partial charge in [0.15, 0.2) is 6.29 Å². The Morgan fingerprint density at radius 2 is 1.82 bits per heavy atom. The number of ether oxygens (including phenoxy) is 2. The molecule has 1 unspecified atom stereocenters. The van der Waals surface area contributed by atoms with Gasteiger partial charge in [0.25, 0.3) is 0 Å². The van der Waals surface area contributed by atoms with Crippen LogP contribution in [0.2, 0.25) is 0 Å². The molecule has 12 atom stereocenters. The Kier molecular flexibility index (Phi) is 7.13. The molecule has 5 aliphatic rings. The second-order valence-corrected chi connectivity index (χ2v) is 12.9. The Morgan fingerprint density at radius 1 is 1.02 bits per heavy atom. The van der Waals surface area contributed by atoms with E-state index in [0.717, 1.165) is 43.1 Å². The molecule has 0 bridgehead atoms. The quantitative estimate of drug-likeness (QED) is 0.260. The van der Waals surface area contributed by atoms with E-state index in [0.29, 0.717) is 25.7 Å². The van der Waals surface area contributed by atoms with Gasteiger partial charge < -0.3 is 44.2 Å². The minimum absolute atomic E-state index is 0.0104. The summed E-state index contributed by atoms with van der Waals surface area (Å²) in [6.45, 7) is 1.62. The minimum atomic E-state index is -1.52. The second kappa shape index (κ2) is 10.1.